The molecule has 3 N–H and O–H groups in total. The minimum Gasteiger partial charge on any atom is -0.489 e. The van der Waals surface area contributed by atoms with Crippen molar-refractivity contribution in [2.24, 2.45) is 5.73 Å². The van der Waals surface area contributed by atoms with Gasteiger partial charge in [0.1, 0.15) is 23.9 Å². The van der Waals surface area contributed by atoms with Crippen molar-refractivity contribution in [1.82, 2.24) is 4.98 Å². The van der Waals surface area contributed by atoms with Crippen molar-refractivity contribution in [2.45, 2.75) is 26.6 Å². The number of benzene rings is 4. The number of hydrogen-bond acceptors (Lipinski definition) is 8. The molecular weight excluding hydrogens is 614 g/mol. The maximum Gasteiger partial charge on any atom is 0.248 e. The van der Waals surface area contributed by atoms with Crippen LogP contribution in [0.5, 0.6) is 17.2 Å². The number of anilines is 2. The largest absolute Gasteiger partial charge is 0.489 e. The molecule has 1 heterocycles. The first kappa shape index (κ1) is 32.5. The minimum absolute atomic E-state index is 0.252. The van der Waals surface area contributed by atoms with Crippen LogP contribution >= 0.6 is 0 Å². The third-order valence-electron chi connectivity index (χ3n) is 7.22. The van der Waals surface area contributed by atoms with E-state index in [1.165, 1.54) is 0 Å². The summed E-state index contributed by atoms with van der Waals surface area (Å²) in [6.45, 7) is 3.14. The number of amides is 1. The Morgan fingerprint density at radius 1 is 0.894 bits per heavy atom. The Labute approximate surface area is 274 Å². The normalized spacial score (nSPS) is 10.9. The van der Waals surface area contributed by atoms with Gasteiger partial charge in [0.2, 0.25) is 15.9 Å². The summed E-state index contributed by atoms with van der Waals surface area (Å²) in [5, 5.41) is 9.22. The summed E-state index contributed by atoms with van der Waals surface area (Å²) < 4.78 is 38.6. The van der Waals surface area contributed by atoms with Gasteiger partial charge in [-0.1, -0.05) is 36.4 Å². The number of nitrogens with two attached hydrogens (primary N) is 1. The first-order chi connectivity index (χ1) is 22.6. The highest BCUT2D eigenvalue weighted by atomic mass is 32.2. The van der Waals surface area contributed by atoms with Crippen molar-refractivity contribution in [3.8, 4) is 23.3 Å². The molecule has 0 bridgehead atoms. The molecule has 0 spiro atoms. The summed E-state index contributed by atoms with van der Waals surface area (Å²) >= 11 is 0. The molecular formula is C36H33N5O5S. The van der Waals surface area contributed by atoms with Gasteiger partial charge in [-0.25, -0.2) is 8.42 Å². The van der Waals surface area contributed by atoms with Crippen LogP contribution in [0.15, 0.2) is 109 Å². The topological polar surface area (TPSA) is 148 Å². The fourth-order valence-electron chi connectivity index (χ4n) is 4.93. The van der Waals surface area contributed by atoms with Crippen LogP contribution in [0.3, 0.4) is 0 Å². The minimum atomic E-state index is -3.47. The molecule has 1 amide bonds. The van der Waals surface area contributed by atoms with Crippen molar-refractivity contribution in [3.05, 3.63) is 143 Å². The van der Waals surface area contributed by atoms with E-state index in [1.807, 2.05) is 67.6 Å². The standard InChI is InChI=1S/C36H33N5O5S/c1-25-34(40-47(2,43)44)6-3-7-35(25)41(22-27-10-8-26(20-37)9-11-27)23-28-12-14-31(15-13-28)46-33-18-30(36(38)42)17-32(19-33)45-24-29-5-4-16-39-21-29/h3-19,21,40H,22-24H2,1-2H3,(H2,38,42). The monoisotopic (exact) mass is 647 g/mol. The molecule has 0 aliphatic rings. The molecule has 0 radical (unpaired) electrons. The van der Waals surface area contributed by atoms with Crippen LogP contribution in [0.1, 0.15) is 38.2 Å². The number of carbonyl (C=O) groups excluding carboxylic acids is 1. The number of rotatable bonds is 13. The van der Waals surface area contributed by atoms with Gasteiger partial charge in [-0.2, -0.15) is 5.26 Å². The second kappa shape index (κ2) is 14.5. The van der Waals surface area contributed by atoms with Crippen molar-refractivity contribution in [3.63, 3.8) is 0 Å². The summed E-state index contributed by atoms with van der Waals surface area (Å²) in [6, 6.07) is 31.1. The van der Waals surface area contributed by atoms with E-state index in [9.17, 15) is 18.5 Å². The second-order valence-electron chi connectivity index (χ2n) is 10.9. The summed E-state index contributed by atoms with van der Waals surface area (Å²) in [7, 11) is -3.47. The van der Waals surface area contributed by atoms with E-state index >= 15 is 0 Å². The van der Waals surface area contributed by atoms with Gasteiger partial charge >= 0.3 is 0 Å². The molecule has 5 aromatic rings. The summed E-state index contributed by atoms with van der Waals surface area (Å²) in [5.74, 6) is 0.759. The van der Waals surface area contributed by atoms with Crippen molar-refractivity contribution in [2.75, 3.05) is 15.9 Å². The van der Waals surface area contributed by atoms with Crippen LogP contribution in [0.4, 0.5) is 11.4 Å². The van der Waals surface area contributed by atoms with Crippen LogP contribution < -0.4 is 24.8 Å². The van der Waals surface area contributed by atoms with Crippen LogP contribution in [-0.2, 0) is 29.7 Å². The molecule has 0 fully saturated rings. The molecule has 10 nitrogen and oxygen atoms in total. The summed E-state index contributed by atoms with van der Waals surface area (Å²) in [6.07, 6.45) is 4.50. The highest BCUT2D eigenvalue weighted by molar-refractivity contribution is 7.92. The Morgan fingerprint density at radius 2 is 1.57 bits per heavy atom. The van der Waals surface area contributed by atoms with E-state index in [4.69, 9.17) is 15.2 Å². The Balaban J connectivity index is 1.37. The molecule has 4 aromatic carbocycles. The molecule has 0 aliphatic heterocycles. The van der Waals surface area contributed by atoms with Crippen LogP contribution in [0, 0.1) is 18.3 Å². The predicted molar refractivity (Wildman–Crippen MR) is 181 cm³/mol. The molecule has 0 unspecified atom stereocenters. The van der Waals surface area contributed by atoms with Gasteiger partial charge in [0.05, 0.1) is 23.6 Å². The predicted octanol–water partition coefficient (Wildman–Crippen LogP) is 6.31. The molecule has 0 saturated carbocycles. The highest BCUT2D eigenvalue weighted by Crippen LogP contribution is 2.32. The molecule has 47 heavy (non-hydrogen) atoms. The molecule has 0 atom stereocenters. The Kier molecular flexibility index (Phi) is 10.0. The van der Waals surface area contributed by atoms with E-state index < -0.39 is 15.9 Å². The zero-order chi connectivity index (χ0) is 33.4. The highest BCUT2D eigenvalue weighted by Gasteiger charge is 2.16. The number of aromatic nitrogens is 1. The molecule has 0 aliphatic carbocycles. The average Bonchev–Trinajstić information content (AvgIpc) is 3.05. The number of sulfonamides is 1. The van der Waals surface area contributed by atoms with Crippen LogP contribution in [0.25, 0.3) is 0 Å². The van der Waals surface area contributed by atoms with Gasteiger partial charge in [-0.15, -0.1) is 0 Å². The van der Waals surface area contributed by atoms with Crippen molar-refractivity contribution >= 4 is 27.3 Å². The van der Waals surface area contributed by atoms with Gasteiger partial charge in [-0.05, 0) is 78.2 Å². The second-order valence-corrected chi connectivity index (χ2v) is 12.7. The van der Waals surface area contributed by atoms with Gasteiger partial charge < -0.3 is 20.1 Å². The Morgan fingerprint density at radius 3 is 2.19 bits per heavy atom. The number of primary amides is 1. The number of ether oxygens (including phenoxy) is 2. The zero-order valence-corrected chi connectivity index (χ0v) is 26.7. The van der Waals surface area contributed by atoms with Crippen LogP contribution in [-0.4, -0.2) is 25.6 Å². The van der Waals surface area contributed by atoms with Crippen LogP contribution in [0.2, 0.25) is 0 Å². The number of nitriles is 1. The maximum atomic E-state index is 12.0. The summed E-state index contributed by atoms with van der Waals surface area (Å²) in [5.41, 5.74) is 11.4. The third kappa shape index (κ3) is 9.09. The first-order valence-corrected chi connectivity index (χ1v) is 16.5. The Bertz CT molecular complexity index is 2010. The number of pyridine rings is 1. The number of carbonyl (C=O) groups is 1. The lowest BCUT2D eigenvalue weighted by molar-refractivity contribution is 0.0999. The summed E-state index contributed by atoms with van der Waals surface area (Å²) in [4.78, 5) is 18.3. The molecule has 0 saturated heterocycles. The van der Waals surface area contributed by atoms with E-state index in [0.717, 1.165) is 34.2 Å². The number of hydrogen-bond donors (Lipinski definition) is 2. The maximum absolute atomic E-state index is 12.0. The van der Waals surface area contributed by atoms with E-state index in [2.05, 4.69) is 20.7 Å². The number of nitrogens with zero attached hydrogens (tertiary/aromatic N) is 3. The molecule has 11 heteroatoms. The lowest BCUT2D eigenvalue weighted by Gasteiger charge is -2.28. The molecule has 238 valence electrons. The zero-order valence-electron chi connectivity index (χ0n) is 25.9. The first-order valence-electron chi connectivity index (χ1n) is 14.6. The quantitative estimate of drug-likeness (QED) is 0.151. The fraction of sp³-hybridized carbons (Fsp3) is 0.139. The molecule has 1 aromatic heterocycles. The van der Waals surface area contributed by atoms with Crippen molar-refractivity contribution < 1.29 is 22.7 Å². The molecule has 5 rings (SSSR count). The van der Waals surface area contributed by atoms with Gasteiger partial charge in [0.15, 0.2) is 0 Å². The smallest absolute Gasteiger partial charge is 0.248 e. The average molecular weight is 648 g/mol. The van der Waals surface area contributed by atoms with Gasteiger partial charge in [0.25, 0.3) is 0 Å². The Hall–Kier alpha value is -5.86. The van der Waals surface area contributed by atoms with E-state index in [-0.39, 0.29) is 12.2 Å². The SMILES string of the molecule is Cc1c(NS(C)(=O)=O)cccc1N(Cc1ccc(C#N)cc1)Cc1ccc(Oc2cc(OCc3cccnc3)cc(C(N)=O)c2)cc1. The number of nitrogens with one attached hydrogen (secondary N) is 1. The van der Waals surface area contributed by atoms with E-state index in [0.29, 0.717) is 41.6 Å². The lowest BCUT2D eigenvalue weighted by atomic mass is 10.1. The fourth-order valence-corrected chi connectivity index (χ4v) is 5.55. The van der Waals surface area contributed by atoms with Gasteiger partial charge in [-0.3, -0.25) is 14.5 Å². The van der Waals surface area contributed by atoms with Crippen molar-refractivity contribution in [1.29, 1.82) is 5.26 Å². The van der Waals surface area contributed by atoms with E-state index in [1.54, 1.807) is 48.8 Å². The van der Waals surface area contributed by atoms with Gasteiger partial charge in [0, 0.05) is 48.4 Å². The third-order valence-corrected chi connectivity index (χ3v) is 7.81. The lowest BCUT2D eigenvalue weighted by Crippen LogP contribution is -2.23.